The maximum absolute atomic E-state index is 12.5. The van der Waals surface area contributed by atoms with Gasteiger partial charge in [-0.1, -0.05) is 19.9 Å². The fourth-order valence-corrected chi connectivity index (χ4v) is 3.74. The fraction of sp³-hybridized carbons (Fsp3) is 0.375. The average Bonchev–Trinajstić information content (AvgIpc) is 3.06. The largest absolute Gasteiger partial charge is 0.465 e. The number of hydrogen-bond acceptors (Lipinski definition) is 7. The van der Waals surface area contributed by atoms with Crippen LogP contribution in [0.4, 0.5) is 11.4 Å². The molecular formula is C24H29N3O5. The van der Waals surface area contributed by atoms with Crippen molar-refractivity contribution in [1.82, 2.24) is 4.90 Å². The topological polar surface area (TPSA) is 79.4 Å². The van der Waals surface area contributed by atoms with Crippen molar-refractivity contribution in [3.63, 3.8) is 0 Å². The van der Waals surface area contributed by atoms with Gasteiger partial charge in [0.05, 0.1) is 19.8 Å². The van der Waals surface area contributed by atoms with E-state index in [4.69, 9.17) is 9.47 Å². The van der Waals surface area contributed by atoms with E-state index in [0.29, 0.717) is 18.8 Å². The van der Waals surface area contributed by atoms with Crippen LogP contribution >= 0.6 is 0 Å². The Kier molecular flexibility index (Phi) is 7.35. The van der Waals surface area contributed by atoms with Gasteiger partial charge in [-0.05, 0) is 36.4 Å². The molecule has 8 heteroatoms. The molecule has 0 aromatic heterocycles. The number of piperazine rings is 1. The molecule has 1 amide bonds. The second kappa shape index (κ2) is 10.2. The molecule has 0 bridgehead atoms. The van der Waals surface area contributed by atoms with Gasteiger partial charge in [-0.25, -0.2) is 9.59 Å². The predicted octanol–water partition coefficient (Wildman–Crippen LogP) is 2.48. The van der Waals surface area contributed by atoms with Crippen LogP contribution in [0.2, 0.25) is 0 Å². The first-order valence-corrected chi connectivity index (χ1v) is 10.6. The molecule has 0 radical (unpaired) electrons. The summed E-state index contributed by atoms with van der Waals surface area (Å²) in [5.74, 6) is -1.08. The standard InChI is InChI=1S/C24H29N3O5/c1-17(2)22(28)26-15-13-25(14-16-26)18-8-10-19(11-9-18)27-12-6-5-7-20(23(29)31-3)21(27)24(30)32-4/h5-12,17H,13-16H2,1-4H3. The summed E-state index contributed by atoms with van der Waals surface area (Å²) < 4.78 is 9.78. The van der Waals surface area contributed by atoms with Crippen LogP contribution in [-0.2, 0) is 23.9 Å². The Morgan fingerprint density at radius 3 is 2.00 bits per heavy atom. The first-order valence-electron chi connectivity index (χ1n) is 10.6. The van der Waals surface area contributed by atoms with Gasteiger partial charge in [0.2, 0.25) is 5.91 Å². The molecule has 2 heterocycles. The highest BCUT2D eigenvalue weighted by atomic mass is 16.5. The quantitative estimate of drug-likeness (QED) is 0.652. The van der Waals surface area contributed by atoms with Gasteiger partial charge < -0.3 is 24.2 Å². The zero-order chi connectivity index (χ0) is 23.3. The van der Waals surface area contributed by atoms with Crippen LogP contribution in [0, 0.1) is 5.92 Å². The van der Waals surface area contributed by atoms with E-state index in [-0.39, 0.29) is 23.1 Å². The van der Waals surface area contributed by atoms with Crippen molar-refractivity contribution in [3.05, 3.63) is 60.0 Å². The molecule has 8 nitrogen and oxygen atoms in total. The van der Waals surface area contributed by atoms with Gasteiger partial charge in [0.25, 0.3) is 0 Å². The number of ether oxygens (including phenoxy) is 2. The summed E-state index contributed by atoms with van der Waals surface area (Å²) in [6.45, 7) is 6.73. The van der Waals surface area contributed by atoms with E-state index in [1.54, 1.807) is 23.3 Å². The number of nitrogens with zero attached hydrogens (tertiary/aromatic N) is 3. The van der Waals surface area contributed by atoms with E-state index in [2.05, 4.69) is 4.90 Å². The zero-order valence-corrected chi connectivity index (χ0v) is 18.9. The number of amides is 1. The Hall–Kier alpha value is -3.55. The molecule has 0 aliphatic carbocycles. The van der Waals surface area contributed by atoms with Gasteiger partial charge in [0, 0.05) is 49.7 Å². The summed E-state index contributed by atoms with van der Waals surface area (Å²) >= 11 is 0. The third kappa shape index (κ3) is 4.85. The molecule has 1 aromatic rings. The Bertz CT molecular complexity index is 954. The number of methoxy groups -OCH3 is 2. The van der Waals surface area contributed by atoms with Crippen molar-refractivity contribution in [3.8, 4) is 0 Å². The van der Waals surface area contributed by atoms with Crippen LogP contribution in [0.3, 0.4) is 0 Å². The SMILES string of the molecule is COC(=O)C1=C(C(=O)OC)N(c2ccc(N3CCN(C(=O)C(C)C)CC3)cc2)C=CC=C1. The van der Waals surface area contributed by atoms with Gasteiger partial charge in [0.15, 0.2) is 0 Å². The number of carbonyl (C=O) groups is 3. The minimum atomic E-state index is -0.642. The molecule has 3 rings (SSSR count). The molecule has 0 atom stereocenters. The number of carbonyl (C=O) groups excluding carboxylic acids is 3. The molecule has 1 fully saturated rings. The van der Waals surface area contributed by atoms with Gasteiger partial charge >= 0.3 is 11.9 Å². The lowest BCUT2D eigenvalue weighted by atomic mass is 10.1. The summed E-state index contributed by atoms with van der Waals surface area (Å²) in [5.41, 5.74) is 1.92. The number of esters is 2. The van der Waals surface area contributed by atoms with Gasteiger partial charge in [-0.15, -0.1) is 0 Å². The smallest absolute Gasteiger partial charge is 0.355 e. The van der Waals surface area contributed by atoms with Crippen LogP contribution < -0.4 is 9.80 Å². The molecule has 1 saturated heterocycles. The lowest BCUT2D eigenvalue weighted by molar-refractivity contribution is -0.139. The Balaban J connectivity index is 1.82. The predicted molar refractivity (Wildman–Crippen MR) is 122 cm³/mol. The highest BCUT2D eigenvalue weighted by Crippen LogP contribution is 2.28. The number of rotatable bonds is 5. The minimum Gasteiger partial charge on any atom is -0.465 e. The molecule has 0 unspecified atom stereocenters. The van der Waals surface area contributed by atoms with E-state index < -0.39 is 11.9 Å². The van der Waals surface area contributed by atoms with E-state index in [1.807, 2.05) is 43.0 Å². The molecule has 0 saturated carbocycles. The first-order chi connectivity index (χ1) is 15.4. The summed E-state index contributed by atoms with van der Waals surface area (Å²) in [4.78, 5) is 42.8. The van der Waals surface area contributed by atoms with Crippen LogP contribution in [0.1, 0.15) is 13.8 Å². The third-order valence-corrected chi connectivity index (χ3v) is 5.47. The highest BCUT2D eigenvalue weighted by molar-refractivity contribution is 6.05. The fourth-order valence-electron chi connectivity index (χ4n) is 3.74. The molecule has 0 N–H and O–H groups in total. The monoisotopic (exact) mass is 439 g/mol. The summed E-state index contributed by atoms with van der Waals surface area (Å²) in [6, 6.07) is 7.70. The van der Waals surface area contributed by atoms with Crippen molar-refractivity contribution in [2.75, 3.05) is 50.2 Å². The normalized spacial score (nSPS) is 16.3. The van der Waals surface area contributed by atoms with E-state index in [9.17, 15) is 14.4 Å². The molecule has 170 valence electrons. The second-order valence-electron chi connectivity index (χ2n) is 7.80. The van der Waals surface area contributed by atoms with Crippen LogP contribution in [-0.4, -0.2) is 63.1 Å². The number of anilines is 2. The summed E-state index contributed by atoms with van der Waals surface area (Å²) in [6.07, 6.45) is 6.63. The summed E-state index contributed by atoms with van der Waals surface area (Å²) in [7, 11) is 2.54. The molecule has 32 heavy (non-hydrogen) atoms. The molecule has 2 aliphatic rings. The van der Waals surface area contributed by atoms with Crippen LogP contribution in [0.15, 0.2) is 60.0 Å². The Morgan fingerprint density at radius 1 is 0.844 bits per heavy atom. The zero-order valence-electron chi connectivity index (χ0n) is 18.9. The summed E-state index contributed by atoms with van der Waals surface area (Å²) in [5, 5.41) is 0. The first kappa shape index (κ1) is 23.1. The number of allylic oxidation sites excluding steroid dienone is 2. The van der Waals surface area contributed by atoms with Crippen molar-refractivity contribution < 1.29 is 23.9 Å². The van der Waals surface area contributed by atoms with Crippen LogP contribution in [0.5, 0.6) is 0 Å². The maximum Gasteiger partial charge on any atom is 0.355 e. The van der Waals surface area contributed by atoms with E-state index in [1.165, 1.54) is 20.3 Å². The van der Waals surface area contributed by atoms with Crippen molar-refractivity contribution in [1.29, 1.82) is 0 Å². The van der Waals surface area contributed by atoms with Gasteiger partial charge in [-0.2, -0.15) is 0 Å². The van der Waals surface area contributed by atoms with Crippen LogP contribution in [0.25, 0.3) is 0 Å². The average molecular weight is 440 g/mol. The molecule has 0 spiro atoms. The molecule has 2 aliphatic heterocycles. The molecule has 1 aromatic carbocycles. The third-order valence-electron chi connectivity index (χ3n) is 5.47. The van der Waals surface area contributed by atoms with E-state index >= 15 is 0 Å². The Labute approximate surface area is 188 Å². The second-order valence-corrected chi connectivity index (χ2v) is 7.80. The van der Waals surface area contributed by atoms with Crippen molar-refractivity contribution in [2.45, 2.75) is 13.8 Å². The number of hydrogen-bond donors (Lipinski definition) is 0. The van der Waals surface area contributed by atoms with Crippen molar-refractivity contribution >= 4 is 29.2 Å². The van der Waals surface area contributed by atoms with Gasteiger partial charge in [0.1, 0.15) is 5.70 Å². The van der Waals surface area contributed by atoms with Crippen molar-refractivity contribution in [2.24, 2.45) is 5.92 Å². The van der Waals surface area contributed by atoms with E-state index in [0.717, 1.165) is 18.8 Å². The van der Waals surface area contributed by atoms with Gasteiger partial charge in [-0.3, -0.25) is 4.79 Å². The molecular weight excluding hydrogens is 410 g/mol. The Morgan fingerprint density at radius 2 is 1.44 bits per heavy atom. The minimum absolute atomic E-state index is 0.00365. The lowest BCUT2D eigenvalue weighted by Crippen LogP contribution is -2.49. The highest BCUT2D eigenvalue weighted by Gasteiger charge is 2.28. The lowest BCUT2D eigenvalue weighted by Gasteiger charge is -2.37. The number of benzene rings is 1. The maximum atomic E-state index is 12.5.